The second kappa shape index (κ2) is 7.79. The molecule has 0 radical (unpaired) electrons. The molecular formula is C21H20ClN3OS. The summed E-state index contributed by atoms with van der Waals surface area (Å²) >= 11 is 7.54. The number of aromatic nitrogens is 2. The maximum atomic E-state index is 12.8. The van der Waals surface area contributed by atoms with Crippen molar-refractivity contribution in [2.75, 3.05) is 13.1 Å². The van der Waals surface area contributed by atoms with Crippen LogP contribution >= 0.6 is 22.9 Å². The molecule has 0 spiro atoms. The SMILES string of the molecule is Cc1ncsc1C(=O)N1CCC[C@H](c2cccc(-c3cccc(Cl)c3)n2)C1. The fourth-order valence-electron chi connectivity index (χ4n) is 3.54. The number of hydrogen-bond acceptors (Lipinski definition) is 4. The van der Waals surface area contributed by atoms with Crippen LogP contribution in [0.5, 0.6) is 0 Å². The quantitative estimate of drug-likeness (QED) is 0.611. The average molecular weight is 398 g/mol. The molecule has 1 fully saturated rings. The Bertz CT molecular complexity index is 971. The lowest BCUT2D eigenvalue weighted by Crippen LogP contribution is -2.39. The molecule has 4 rings (SSSR count). The first-order valence-corrected chi connectivity index (χ1v) is 10.3. The van der Waals surface area contributed by atoms with Gasteiger partial charge in [0.05, 0.1) is 16.9 Å². The van der Waals surface area contributed by atoms with Crippen LogP contribution in [0.2, 0.25) is 5.02 Å². The van der Waals surface area contributed by atoms with Crippen LogP contribution in [0.4, 0.5) is 0 Å². The smallest absolute Gasteiger partial charge is 0.265 e. The molecule has 6 heteroatoms. The Balaban J connectivity index is 1.56. The van der Waals surface area contributed by atoms with Crippen LogP contribution in [0.15, 0.2) is 48.0 Å². The van der Waals surface area contributed by atoms with E-state index in [-0.39, 0.29) is 11.8 Å². The Labute approximate surface area is 167 Å². The van der Waals surface area contributed by atoms with E-state index in [0.717, 1.165) is 46.9 Å². The lowest BCUT2D eigenvalue weighted by atomic mass is 9.93. The summed E-state index contributed by atoms with van der Waals surface area (Å²) in [6, 6.07) is 13.8. The molecular weight excluding hydrogens is 378 g/mol. The molecule has 4 nitrogen and oxygen atoms in total. The maximum Gasteiger partial charge on any atom is 0.265 e. The van der Waals surface area contributed by atoms with Gasteiger partial charge < -0.3 is 4.90 Å². The Kier molecular flexibility index (Phi) is 5.23. The van der Waals surface area contributed by atoms with Crippen LogP contribution < -0.4 is 0 Å². The minimum atomic E-state index is 0.0886. The largest absolute Gasteiger partial charge is 0.337 e. The highest BCUT2D eigenvalue weighted by Crippen LogP contribution is 2.29. The van der Waals surface area contributed by atoms with Crippen molar-refractivity contribution in [3.05, 3.63) is 69.3 Å². The third-order valence-corrected chi connectivity index (χ3v) is 6.11. The molecule has 27 heavy (non-hydrogen) atoms. The number of pyridine rings is 1. The Morgan fingerprint density at radius 2 is 2.11 bits per heavy atom. The van der Waals surface area contributed by atoms with Crippen LogP contribution in [0.1, 0.15) is 39.8 Å². The number of thiazole rings is 1. The van der Waals surface area contributed by atoms with Crippen LogP contribution in [-0.4, -0.2) is 33.9 Å². The molecule has 3 heterocycles. The van der Waals surface area contributed by atoms with E-state index in [2.05, 4.69) is 11.1 Å². The van der Waals surface area contributed by atoms with E-state index in [1.54, 1.807) is 5.51 Å². The fraction of sp³-hybridized carbons (Fsp3) is 0.286. The van der Waals surface area contributed by atoms with Gasteiger partial charge in [-0.15, -0.1) is 11.3 Å². The van der Waals surface area contributed by atoms with E-state index in [9.17, 15) is 4.79 Å². The second-order valence-corrected chi connectivity index (χ2v) is 8.11. The standard InChI is InChI=1S/C21H20ClN3OS/c1-14-20(27-13-23-14)21(26)25-10-4-6-16(12-25)19-9-3-8-18(24-19)15-5-2-7-17(22)11-15/h2-3,5,7-9,11,13,16H,4,6,10,12H2,1H3/t16-/m0/s1. The lowest BCUT2D eigenvalue weighted by molar-refractivity contribution is 0.0710. The summed E-state index contributed by atoms with van der Waals surface area (Å²) in [4.78, 5) is 24.6. The van der Waals surface area contributed by atoms with Crippen LogP contribution in [0, 0.1) is 6.92 Å². The van der Waals surface area contributed by atoms with E-state index < -0.39 is 0 Å². The second-order valence-electron chi connectivity index (χ2n) is 6.82. The monoisotopic (exact) mass is 397 g/mol. The van der Waals surface area contributed by atoms with E-state index >= 15 is 0 Å². The molecule has 0 bridgehead atoms. The number of carbonyl (C=O) groups is 1. The van der Waals surface area contributed by atoms with Crippen LogP contribution in [0.25, 0.3) is 11.3 Å². The van der Waals surface area contributed by atoms with Gasteiger partial charge in [0.1, 0.15) is 4.88 Å². The van der Waals surface area contributed by atoms with E-state index in [4.69, 9.17) is 16.6 Å². The van der Waals surface area contributed by atoms with Crippen molar-refractivity contribution in [1.29, 1.82) is 0 Å². The number of benzene rings is 1. The minimum absolute atomic E-state index is 0.0886. The van der Waals surface area contributed by atoms with Crippen molar-refractivity contribution >= 4 is 28.8 Å². The van der Waals surface area contributed by atoms with Crippen molar-refractivity contribution in [2.24, 2.45) is 0 Å². The van der Waals surface area contributed by atoms with Crippen LogP contribution in [-0.2, 0) is 0 Å². The number of likely N-dealkylation sites (tertiary alicyclic amines) is 1. The molecule has 1 aromatic carbocycles. The number of carbonyl (C=O) groups excluding carboxylic acids is 1. The van der Waals surface area contributed by atoms with E-state index in [1.807, 2.05) is 48.2 Å². The molecule has 0 aliphatic carbocycles. The summed E-state index contributed by atoms with van der Waals surface area (Å²) in [6.07, 6.45) is 2.02. The summed E-state index contributed by atoms with van der Waals surface area (Å²) in [5, 5.41) is 0.703. The third kappa shape index (κ3) is 3.89. The average Bonchev–Trinajstić information content (AvgIpc) is 3.13. The number of hydrogen-bond donors (Lipinski definition) is 0. The lowest BCUT2D eigenvalue weighted by Gasteiger charge is -2.32. The Morgan fingerprint density at radius 1 is 1.26 bits per heavy atom. The van der Waals surface area contributed by atoms with Crippen molar-refractivity contribution in [1.82, 2.24) is 14.9 Å². The fourth-order valence-corrected chi connectivity index (χ4v) is 4.50. The molecule has 3 aromatic rings. The molecule has 1 saturated heterocycles. The molecule has 1 aliphatic heterocycles. The van der Waals surface area contributed by atoms with Crippen molar-refractivity contribution in [3.8, 4) is 11.3 Å². The number of halogens is 1. The minimum Gasteiger partial charge on any atom is -0.337 e. The third-order valence-electron chi connectivity index (χ3n) is 4.96. The number of amides is 1. The van der Waals surface area contributed by atoms with E-state index in [1.165, 1.54) is 11.3 Å². The molecule has 0 saturated carbocycles. The first-order valence-electron chi connectivity index (χ1n) is 9.04. The summed E-state index contributed by atoms with van der Waals surface area (Å²) < 4.78 is 0. The summed E-state index contributed by atoms with van der Waals surface area (Å²) in [7, 11) is 0. The molecule has 0 unspecified atom stereocenters. The number of rotatable bonds is 3. The number of nitrogens with zero attached hydrogens (tertiary/aromatic N) is 3. The first kappa shape index (κ1) is 18.1. The summed E-state index contributed by atoms with van der Waals surface area (Å²) in [6.45, 7) is 3.38. The Hall–Kier alpha value is -2.24. The van der Waals surface area contributed by atoms with Crippen molar-refractivity contribution in [2.45, 2.75) is 25.7 Å². The topological polar surface area (TPSA) is 46.1 Å². The molecule has 2 aromatic heterocycles. The van der Waals surface area contributed by atoms with Gasteiger partial charge in [0.2, 0.25) is 0 Å². The molecule has 138 valence electrons. The zero-order valence-corrected chi connectivity index (χ0v) is 16.6. The van der Waals surface area contributed by atoms with Gasteiger partial charge in [-0.25, -0.2) is 4.98 Å². The Morgan fingerprint density at radius 3 is 2.89 bits per heavy atom. The van der Waals surface area contributed by atoms with Gasteiger partial charge in [-0.1, -0.05) is 29.8 Å². The molecule has 1 amide bonds. The van der Waals surface area contributed by atoms with Crippen LogP contribution in [0.3, 0.4) is 0 Å². The van der Waals surface area contributed by atoms with Gasteiger partial charge in [0, 0.05) is 35.3 Å². The zero-order valence-electron chi connectivity index (χ0n) is 15.1. The molecule has 1 atom stereocenters. The maximum absolute atomic E-state index is 12.8. The van der Waals surface area contributed by atoms with Gasteiger partial charge in [-0.3, -0.25) is 9.78 Å². The highest BCUT2D eigenvalue weighted by Gasteiger charge is 2.28. The molecule has 0 N–H and O–H groups in total. The van der Waals surface area contributed by atoms with Gasteiger partial charge in [-0.2, -0.15) is 0 Å². The van der Waals surface area contributed by atoms with Gasteiger partial charge in [0.25, 0.3) is 5.91 Å². The number of piperidine rings is 1. The van der Waals surface area contributed by atoms with Crippen molar-refractivity contribution in [3.63, 3.8) is 0 Å². The summed E-state index contributed by atoms with van der Waals surface area (Å²) in [5.74, 6) is 0.334. The first-order chi connectivity index (χ1) is 13.1. The highest BCUT2D eigenvalue weighted by molar-refractivity contribution is 7.11. The normalized spacial score (nSPS) is 17.1. The zero-order chi connectivity index (χ0) is 18.8. The molecule has 1 aliphatic rings. The predicted octanol–water partition coefficient (Wildman–Crippen LogP) is 5.19. The predicted molar refractivity (Wildman–Crippen MR) is 109 cm³/mol. The number of aryl methyl sites for hydroxylation is 1. The van der Waals surface area contributed by atoms with Gasteiger partial charge in [-0.05, 0) is 44.0 Å². The summed E-state index contributed by atoms with van der Waals surface area (Å²) in [5.41, 5.74) is 5.50. The van der Waals surface area contributed by atoms with Gasteiger partial charge >= 0.3 is 0 Å². The van der Waals surface area contributed by atoms with E-state index in [0.29, 0.717) is 11.6 Å². The highest BCUT2D eigenvalue weighted by atomic mass is 35.5. The van der Waals surface area contributed by atoms with Crippen molar-refractivity contribution < 1.29 is 4.79 Å². The van der Waals surface area contributed by atoms with Gasteiger partial charge in [0.15, 0.2) is 0 Å².